The van der Waals surface area contributed by atoms with Gasteiger partial charge in [-0.1, -0.05) is 34.8 Å². The molecule has 4 nitrogen and oxygen atoms in total. The number of hydrogen-bond donors (Lipinski definition) is 2. The fourth-order valence-corrected chi connectivity index (χ4v) is 3.57. The van der Waals surface area contributed by atoms with Crippen molar-refractivity contribution in [2.24, 2.45) is 11.8 Å². The Morgan fingerprint density at radius 2 is 1.92 bits per heavy atom. The van der Waals surface area contributed by atoms with Gasteiger partial charge in [0.05, 0.1) is 5.92 Å². The van der Waals surface area contributed by atoms with Crippen molar-refractivity contribution in [1.29, 1.82) is 0 Å². The average molecular weight is 435 g/mol. The highest BCUT2D eigenvalue weighted by molar-refractivity contribution is 9.10. The molecule has 0 radical (unpaired) electrons. The minimum absolute atomic E-state index is 0.00109. The van der Waals surface area contributed by atoms with Crippen LogP contribution in [0.4, 0.5) is 18.9 Å². The number of nitrogens with one attached hydrogen (secondary N) is 2. The van der Waals surface area contributed by atoms with Gasteiger partial charge in [-0.2, -0.15) is 13.2 Å². The molecule has 2 N–H and O–H groups in total. The average Bonchev–Trinajstić information content (AvgIpc) is 2.57. The van der Waals surface area contributed by atoms with E-state index in [2.05, 4.69) is 26.6 Å². The maximum absolute atomic E-state index is 13.1. The van der Waals surface area contributed by atoms with E-state index in [1.807, 2.05) is 19.1 Å². The molecule has 2 atom stereocenters. The third-order valence-corrected chi connectivity index (χ3v) is 5.14. The molecule has 2 amide bonds. The van der Waals surface area contributed by atoms with Crippen LogP contribution in [0, 0.1) is 18.8 Å². The summed E-state index contributed by atoms with van der Waals surface area (Å²) in [6, 6.07) is 5.47. The van der Waals surface area contributed by atoms with Crippen LogP contribution in [0.5, 0.6) is 0 Å². The van der Waals surface area contributed by atoms with Gasteiger partial charge in [0.1, 0.15) is 0 Å². The minimum Gasteiger partial charge on any atom is -0.355 e. The Hall–Kier alpha value is -1.57. The summed E-state index contributed by atoms with van der Waals surface area (Å²) in [6.45, 7) is 1.86. The summed E-state index contributed by atoms with van der Waals surface area (Å²) in [5, 5.41) is 5.23. The van der Waals surface area contributed by atoms with E-state index in [1.165, 1.54) is 0 Å². The van der Waals surface area contributed by atoms with Crippen molar-refractivity contribution >= 4 is 33.4 Å². The molecule has 2 rings (SSSR count). The smallest absolute Gasteiger partial charge is 0.355 e. The van der Waals surface area contributed by atoms with Crippen molar-refractivity contribution < 1.29 is 22.8 Å². The van der Waals surface area contributed by atoms with Gasteiger partial charge in [0, 0.05) is 29.0 Å². The molecule has 1 aromatic rings. The largest absolute Gasteiger partial charge is 0.392 e. The number of alkyl halides is 3. The van der Waals surface area contributed by atoms with E-state index < -0.39 is 23.9 Å². The van der Waals surface area contributed by atoms with Gasteiger partial charge in [-0.25, -0.2) is 0 Å². The fraction of sp³-hybridized carbons (Fsp3) is 0.556. The SMILES string of the molecule is Cc1ccc(Br)cc1NC(=O)CCNC(=O)C1CCCCC1C(F)(F)F. The van der Waals surface area contributed by atoms with Crippen molar-refractivity contribution in [3.8, 4) is 0 Å². The van der Waals surface area contributed by atoms with Crippen molar-refractivity contribution in [3.05, 3.63) is 28.2 Å². The topological polar surface area (TPSA) is 58.2 Å². The highest BCUT2D eigenvalue weighted by Crippen LogP contribution is 2.41. The van der Waals surface area contributed by atoms with Crippen molar-refractivity contribution in [3.63, 3.8) is 0 Å². The standard InChI is InChI=1S/C18H22BrF3N2O2/c1-11-6-7-12(19)10-15(11)24-16(25)8-9-23-17(26)13-4-2-3-5-14(13)18(20,21)22/h6-7,10,13-14H,2-5,8-9H2,1H3,(H,23,26)(H,24,25). The third-order valence-electron chi connectivity index (χ3n) is 4.65. The Kier molecular flexibility index (Phi) is 7.08. The fourth-order valence-electron chi connectivity index (χ4n) is 3.21. The van der Waals surface area contributed by atoms with Crippen LogP contribution in [-0.4, -0.2) is 24.5 Å². The first-order valence-electron chi connectivity index (χ1n) is 8.59. The first-order valence-corrected chi connectivity index (χ1v) is 9.38. The summed E-state index contributed by atoms with van der Waals surface area (Å²) in [7, 11) is 0. The predicted molar refractivity (Wildman–Crippen MR) is 96.6 cm³/mol. The molecule has 8 heteroatoms. The molecule has 26 heavy (non-hydrogen) atoms. The van der Waals surface area contributed by atoms with Crippen molar-refractivity contribution in [2.75, 3.05) is 11.9 Å². The third kappa shape index (κ3) is 5.72. The molecule has 1 aliphatic rings. The molecular weight excluding hydrogens is 413 g/mol. The predicted octanol–water partition coefficient (Wildman–Crippen LogP) is 4.57. The van der Waals surface area contributed by atoms with Crippen LogP contribution >= 0.6 is 15.9 Å². The highest BCUT2D eigenvalue weighted by atomic mass is 79.9. The van der Waals surface area contributed by atoms with E-state index in [0.717, 1.165) is 10.0 Å². The summed E-state index contributed by atoms with van der Waals surface area (Å²) in [6.07, 6.45) is -3.03. The Morgan fingerprint density at radius 3 is 2.62 bits per heavy atom. The summed E-state index contributed by atoms with van der Waals surface area (Å²) in [5.41, 5.74) is 1.54. The maximum Gasteiger partial charge on any atom is 0.392 e. The number of carbonyl (C=O) groups excluding carboxylic acids is 2. The Bertz CT molecular complexity index is 664. The highest BCUT2D eigenvalue weighted by Gasteiger charge is 2.47. The van der Waals surface area contributed by atoms with Gasteiger partial charge < -0.3 is 10.6 Å². The number of amides is 2. The zero-order valence-corrected chi connectivity index (χ0v) is 16.0. The first kappa shape index (κ1) is 20.7. The monoisotopic (exact) mass is 434 g/mol. The Labute approximate surface area is 159 Å². The van der Waals surface area contributed by atoms with Crippen LogP contribution in [-0.2, 0) is 9.59 Å². The second-order valence-corrected chi connectivity index (χ2v) is 7.50. The van der Waals surface area contributed by atoms with Gasteiger partial charge in [0.15, 0.2) is 0 Å². The molecule has 0 aromatic heterocycles. The lowest BCUT2D eigenvalue weighted by molar-refractivity contribution is -0.198. The van der Waals surface area contributed by atoms with Gasteiger partial charge in [-0.05, 0) is 37.5 Å². The second-order valence-electron chi connectivity index (χ2n) is 6.59. The number of rotatable bonds is 5. The first-order chi connectivity index (χ1) is 12.2. The van der Waals surface area contributed by atoms with Crippen molar-refractivity contribution in [2.45, 2.75) is 45.2 Å². The van der Waals surface area contributed by atoms with Crippen LogP contribution in [0.2, 0.25) is 0 Å². The quantitative estimate of drug-likeness (QED) is 0.712. The Morgan fingerprint density at radius 1 is 1.23 bits per heavy atom. The molecule has 0 bridgehead atoms. The van der Waals surface area contributed by atoms with E-state index in [1.54, 1.807) is 6.07 Å². The van der Waals surface area contributed by atoms with E-state index in [4.69, 9.17) is 0 Å². The van der Waals surface area contributed by atoms with Gasteiger partial charge >= 0.3 is 6.18 Å². The number of hydrogen-bond acceptors (Lipinski definition) is 2. The lowest BCUT2D eigenvalue weighted by Crippen LogP contribution is -2.43. The molecule has 1 saturated carbocycles. The van der Waals surface area contributed by atoms with E-state index in [9.17, 15) is 22.8 Å². The maximum atomic E-state index is 13.1. The van der Waals surface area contributed by atoms with E-state index in [0.29, 0.717) is 18.5 Å². The lowest BCUT2D eigenvalue weighted by atomic mass is 9.78. The summed E-state index contributed by atoms with van der Waals surface area (Å²) < 4.78 is 40.0. The molecule has 0 spiro atoms. The molecule has 0 saturated heterocycles. The van der Waals surface area contributed by atoms with Gasteiger partial charge in [0.25, 0.3) is 0 Å². The van der Waals surface area contributed by atoms with Gasteiger partial charge in [0.2, 0.25) is 11.8 Å². The number of halogens is 4. The number of benzene rings is 1. The molecule has 1 aromatic carbocycles. The normalized spacial score (nSPS) is 20.5. The lowest BCUT2D eigenvalue weighted by Gasteiger charge is -2.31. The summed E-state index contributed by atoms with van der Waals surface area (Å²) in [4.78, 5) is 24.1. The molecule has 0 aliphatic heterocycles. The van der Waals surface area contributed by atoms with E-state index in [-0.39, 0.29) is 31.7 Å². The van der Waals surface area contributed by atoms with Gasteiger partial charge in [-0.3, -0.25) is 9.59 Å². The zero-order chi connectivity index (χ0) is 19.3. The van der Waals surface area contributed by atoms with Crippen LogP contribution in [0.15, 0.2) is 22.7 Å². The summed E-state index contributed by atoms with van der Waals surface area (Å²) in [5.74, 6) is -3.56. The molecule has 1 fully saturated rings. The number of aryl methyl sites for hydroxylation is 1. The Balaban J connectivity index is 1.83. The molecule has 144 valence electrons. The second kappa shape index (κ2) is 8.88. The minimum atomic E-state index is -4.36. The summed E-state index contributed by atoms with van der Waals surface area (Å²) >= 11 is 3.32. The van der Waals surface area contributed by atoms with Gasteiger partial charge in [-0.15, -0.1) is 0 Å². The molecular formula is C18H22BrF3N2O2. The van der Waals surface area contributed by atoms with Crippen LogP contribution in [0.25, 0.3) is 0 Å². The zero-order valence-electron chi connectivity index (χ0n) is 14.5. The molecule has 2 unspecified atom stereocenters. The van der Waals surface area contributed by atoms with Crippen molar-refractivity contribution in [1.82, 2.24) is 5.32 Å². The number of anilines is 1. The molecule has 0 heterocycles. The number of carbonyl (C=O) groups is 2. The van der Waals surface area contributed by atoms with Crippen LogP contribution < -0.4 is 10.6 Å². The van der Waals surface area contributed by atoms with Crippen LogP contribution in [0.1, 0.15) is 37.7 Å². The van der Waals surface area contributed by atoms with Crippen LogP contribution in [0.3, 0.4) is 0 Å². The molecule has 1 aliphatic carbocycles. The van der Waals surface area contributed by atoms with E-state index >= 15 is 0 Å².